The summed E-state index contributed by atoms with van der Waals surface area (Å²) in [5.41, 5.74) is 6.81. The molecule has 3 N–H and O–H groups in total. The minimum Gasteiger partial charge on any atom is -0.443 e. The Balaban J connectivity index is 1.76. The maximum absolute atomic E-state index is 13.5. The van der Waals surface area contributed by atoms with E-state index in [-0.39, 0.29) is 17.8 Å². The number of carbonyl (C=O) groups excluding carboxylic acids is 2. The van der Waals surface area contributed by atoms with Crippen molar-refractivity contribution in [1.29, 1.82) is 0 Å². The lowest BCUT2D eigenvalue weighted by Crippen LogP contribution is -2.49. The first kappa shape index (κ1) is 24.3. The van der Waals surface area contributed by atoms with Gasteiger partial charge in [0.15, 0.2) is 0 Å². The maximum Gasteiger partial charge on any atom is 0.426 e. The van der Waals surface area contributed by atoms with Crippen LogP contribution in [0.4, 0.5) is 9.59 Å². The Bertz CT molecular complexity index is 1260. The van der Waals surface area contributed by atoms with Gasteiger partial charge in [0, 0.05) is 11.4 Å². The molecule has 2 saturated carbocycles. The third-order valence-corrected chi connectivity index (χ3v) is 7.98. The molecule has 2 aromatic heterocycles. The number of amides is 3. The fraction of sp³-hybridized carbons (Fsp3) is 0.652. The number of aromatic nitrogens is 2. The number of urea groups is 1. The molecule has 2 heterocycles. The van der Waals surface area contributed by atoms with Gasteiger partial charge in [0.1, 0.15) is 10.4 Å². The third-order valence-electron chi connectivity index (χ3n) is 6.68. The lowest BCUT2D eigenvalue weighted by atomic mass is 9.85. The molecule has 0 bridgehead atoms. The molecule has 0 aromatic carbocycles. The third kappa shape index (κ3) is 4.57. The zero-order valence-corrected chi connectivity index (χ0v) is 21.2. The summed E-state index contributed by atoms with van der Waals surface area (Å²) in [7, 11) is 0. The van der Waals surface area contributed by atoms with Gasteiger partial charge in [0.05, 0.1) is 17.5 Å². The van der Waals surface area contributed by atoms with Crippen LogP contribution in [0.5, 0.6) is 0 Å². The van der Waals surface area contributed by atoms with E-state index in [0.717, 1.165) is 37.1 Å². The van der Waals surface area contributed by atoms with E-state index in [0.29, 0.717) is 33.1 Å². The zero-order valence-electron chi connectivity index (χ0n) is 20.4. The molecule has 0 radical (unpaired) electrons. The summed E-state index contributed by atoms with van der Waals surface area (Å²) in [4.78, 5) is 52.5. The molecule has 0 unspecified atom stereocenters. The van der Waals surface area contributed by atoms with Gasteiger partial charge in [-0.25, -0.2) is 24.8 Å². The standard InChI is InChI=1S/C23H33N5O5S/c1-13-15(12-27(19(24)30)25-20(31)33-22(2,3)4)34-18-16(13)17(29)28(23(5)9-10-23)21(32)26(18)11-14-7-6-8-14/h14H,6-12H2,1-5H3,(H2,24,30)(H,25,31). The molecule has 10 nitrogen and oxygen atoms in total. The summed E-state index contributed by atoms with van der Waals surface area (Å²) in [5, 5.41) is 1.45. The Kier molecular flexibility index (Phi) is 6.03. The van der Waals surface area contributed by atoms with Gasteiger partial charge in [-0.2, -0.15) is 0 Å². The smallest absolute Gasteiger partial charge is 0.426 e. The van der Waals surface area contributed by atoms with Crippen molar-refractivity contribution in [3.05, 3.63) is 31.3 Å². The molecule has 4 rings (SSSR count). The number of thiophene rings is 1. The Morgan fingerprint density at radius 3 is 2.41 bits per heavy atom. The highest BCUT2D eigenvalue weighted by atomic mass is 32.1. The molecule has 2 fully saturated rings. The molecule has 0 spiro atoms. The highest BCUT2D eigenvalue weighted by molar-refractivity contribution is 7.18. The Morgan fingerprint density at radius 2 is 1.91 bits per heavy atom. The van der Waals surface area contributed by atoms with Crippen LogP contribution in [0, 0.1) is 12.8 Å². The summed E-state index contributed by atoms with van der Waals surface area (Å²) in [6, 6.07) is -0.863. The topological polar surface area (TPSA) is 129 Å². The number of fused-ring (bicyclic) bond motifs is 1. The molecule has 0 saturated heterocycles. The molecule has 186 valence electrons. The van der Waals surface area contributed by atoms with Crippen LogP contribution in [-0.4, -0.2) is 31.9 Å². The van der Waals surface area contributed by atoms with Crippen LogP contribution in [0.3, 0.4) is 0 Å². The van der Waals surface area contributed by atoms with Crippen molar-refractivity contribution < 1.29 is 14.3 Å². The van der Waals surface area contributed by atoms with Crippen LogP contribution in [0.15, 0.2) is 9.59 Å². The zero-order chi connectivity index (χ0) is 25.0. The van der Waals surface area contributed by atoms with Gasteiger partial charge < -0.3 is 10.5 Å². The molecule has 0 aliphatic heterocycles. The monoisotopic (exact) mass is 491 g/mol. The van der Waals surface area contributed by atoms with E-state index in [9.17, 15) is 19.2 Å². The predicted octanol–water partition coefficient (Wildman–Crippen LogP) is 3.16. The van der Waals surface area contributed by atoms with Crippen LogP contribution in [0.1, 0.15) is 70.2 Å². The second-order valence-electron chi connectivity index (χ2n) is 10.7. The average molecular weight is 492 g/mol. The lowest BCUT2D eigenvalue weighted by molar-refractivity contribution is 0.0376. The molecule has 34 heavy (non-hydrogen) atoms. The van der Waals surface area contributed by atoms with Gasteiger partial charge >= 0.3 is 17.8 Å². The van der Waals surface area contributed by atoms with E-state index in [1.165, 1.54) is 15.9 Å². The molecular formula is C23H33N5O5S. The molecule has 11 heteroatoms. The van der Waals surface area contributed by atoms with Crippen LogP contribution >= 0.6 is 11.3 Å². The van der Waals surface area contributed by atoms with Gasteiger partial charge in [-0.05, 0) is 71.8 Å². The largest absolute Gasteiger partial charge is 0.443 e. The SMILES string of the molecule is Cc1c(CN(NC(=O)OC(C)(C)C)C(N)=O)sc2c1c(=O)n(C1(C)CC1)c(=O)n2CC1CCC1. The molecule has 2 aliphatic carbocycles. The maximum atomic E-state index is 13.5. The number of nitrogens with one attached hydrogen (secondary N) is 1. The molecule has 2 aromatic rings. The number of primary amides is 1. The van der Waals surface area contributed by atoms with Gasteiger partial charge in [-0.15, -0.1) is 11.3 Å². The normalized spacial score (nSPS) is 17.3. The van der Waals surface area contributed by atoms with Crippen molar-refractivity contribution in [3.8, 4) is 0 Å². The van der Waals surface area contributed by atoms with Crippen molar-refractivity contribution in [2.24, 2.45) is 11.7 Å². The summed E-state index contributed by atoms with van der Waals surface area (Å²) in [5.74, 6) is 0.417. The number of nitrogens with two attached hydrogens (primary N) is 1. The summed E-state index contributed by atoms with van der Waals surface area (Å²) >= 11 is 1.29. The van der Waals surface area contributed by atoms with Crippen molar-refractivity contribution in [3.63, 3.8) is 0 Å². The quantitative estimate of drug-likeness (QED) is 0.621. The summed E-state index contributed by atoms with van der Waals surface area (Å²) < 4.78 is 8.38. The number of rotatable bonds is 5. The minimum atomic E-state index is -0.863. The lowest BCUT2D eigenvalue weighted by Gasteiger charge is -2.27. The Hall–Kier alpha value is -2.82. The van der Waals surface area contributed by atoms with E-state index in [4.69, 9.17) is 10.5 Å². The Morgan fingerprint density at radius 1 is 1.26 bits per heavy atom. The highest BCUT2D eigenvalue weighted by Crippen LogP contribution is 2.41. The van der Waals surface area contributed by atoms with E-state index >= 15 is 0 Å². The van der Waals surface area contributed by atoms with Crippen LogP contribution < -0.4 is 22.4 Å². The number of hydrazine groups is 1. The van der Waals surface area contributed by atoms with E-state index in [1.54, 1.807) is 32.3 Å². The first-order chi connectivity index (χ1) is 15.8. The average Bonchev–Trinajstić information content (AvgIpc) is 3.31. The van der Waals surface area contributed by atoms with E-state index in [2.05, 4.69) is 5.43 Å². The van der Waals surface area contributed by atoms with E-state index < -0.39 is 23.3 Å². The molecule has 2 aliphatic rings. The first-order valence-electron chi connectivity index (χ1n) is 11.7. The number of hydrogen-bond acceptors (Lipinski definition) is 6. The second-order valence-corrected chi connectivity index (χ2v) is 11.8. The Labute approximate surface area is 201 Å². The highest BCUT2D eigenvalue weighted by Gasteiger charge is 2.43. The van der Waals surface area contributed by atoms with Crippen molar-refractivity contribution >= 4 is 33.7 Å². The fourth-order valence-electron chi connectivity index (χ4n) is 4.25. The van der Waals surface area contributed by atoms with Crippen molar-refractivity contribution in [2.75, 3.05) is 0 Å². The minimum absolute atomic E-state index is 0.0475. The molecule has 3 amide bonds. The van der Waals surface area contributed by atoms with Gasteiger partial charge in [0.2, 0.25) is 0 Å². The number of nitrogens with zero attached hydrogens (tertiary/aromatic N) is 3. The number of aryl methyl sites for hydroxylation is 1. The second kappa shape index (κ2) is 8.44. The molecule has 0 atom stereocenters. The van der Waals surface area contributed by atoms with Crippen molar-refractivity contribution in [2.45, 2.75) is 91.0 Å². The van der Waals surface area contributed by atoms with Gasteiger partial charge in [-0.3, -0.25) is 13.9 Å². The van der Waals surface area contributed by atoms with E-state index in [1.807, 2.05) is 6.92 Å². The summed E-state index contributed by atoms with van der Waals surface area (Å²) in [6.45, 7) is 9.41. The summed E-state index contributed by atoms with van der Waals surface area (Å²) in [6.07, 6.45) is 4.06. The van der Waals surface area contributed by atoms with Crippen LogP contribution in [-0.2, 0) is 23.4 Å². The number of carbonyl (C=O) groups is 2. The number of ether oxygens (including phenoxy) is 1. The van der Waals surface area contributed by atoms with Gasteiger partial charge in [0.25, 0.3) is 5.56 Å². The molecular weight excluding hydrogens is 458 g/mol. The van der Waals surface area contributed by atoms with Crippen molar-refractivity contribution in [1.82, 2.24) is 19.6 Å². The van der Waals surface area contributed by atoms with Gasteiger partial charge in [-0.1, -0.05) is 6.42 Å². The van der Waals surface area contributed by atoms with Crippen LogP contribution in [0.2, 0.25) is 0 Å². The first-order valence-corrected chi connectivity index (χ1v) is 12.5. The fourth-order valence-corrected chi connectivity index (χ4v) is 5.53. The number of hydrogen-bond donors (Lipinski definition) is 2. The predicted molar refractivity (Wildman–Crippen MR) is 130 cm³/mol. The van der Waals surface area contributed by atoms with Crippen LogP contribution in [0.25, 0.3) is 10.2 Å².